The van der Waals surface area contributed by atoms with Crippen LogP contribution in [0.5, 0.6) is 11.5 Å². The Bertz CT molecular complexity index is 1200. The zero-order valence-electron chi connectivity index (χ0n) is 16.3. The topological polar surface area (TPSA) is 64.9 Å². The van der Waals surface area contributed by atoms with Crippen LogP contribution >= 0.6 is 11.3 Å². The van der Waals surface area contributed by atoms with Crippen molar-refractivity contribution in [2.75, 3.05) is 12.4 Å². The first-order valence-corrected chi connectivity index (χ1v) is 10.0. The molecule has 6 nitrogen and oxygen atoms in total. The second kappa shape index (κ2) is 8.97. The molecule has 0 radical (unpaired) electrons. The number of imidazole rings is 1. The number of methoxy groups -OCH3 is 1. The molecule has 158 valence electrons. The minimum Gasteiger partial charge on any atom is -0.493 e. The number of nitrogens with one attached hydrogen (secondary N) is 1. The largest absolute Gasteiger partial charge is 0.493 e. The third kappa shape index (κ3) is 4.72. The van der Waals surface area contributed by atoms with Crippen molar-refractivity contribution in [3.8, 4) is 22.8 Å². The Morgan fingerprint density at radius 1 is 1.23 bits per heavy atom. The van der Waals surface area contributed by atoms with E-state index in [2.05, 4.69) is 15.0 Å². The molecule has 0 saturated heterocycles. The fraction of sp³-hybridized carbons (Fsp3) is 0.0909. The van der Waals surface area contributed by atoms with Crippen LogP contribution in [0.4, 0.5) is 14.5 Å². The number of nitrogens with zero attached hydrogens (tertiary/aromatic N) is 2. The second-order valence-corrected chi connectivity index (χ2v) is 7.25. The molecule has 1 N–H and O–H groups in total. The summed E-state index contributed by atoms with van der Waals surface area (Å²) >= 11 is 1.55. The van der Waals surface area contributed by atoms with Crippen LogP contribution in [0.25, 0.3) is 22.3 Å². The van der Waals surface area contributed by atoms with Gasteiger partial charge in [-0.1, -0.05) is 24.3 Å². The van der Waals surface area contributed by atoms with E-state index in [0.29, 0.717) is 11.3 Å². The molecule has 31 heavy (non-hydrogen) atoms. The van der Waals surface area contributed by atoms with E-state index in [0.717, 1.165) is 16.2 Å². The van der Waals surface area contributed by atoms with E-state index in [-0.39, 0.29) is 11.5 Å². The number of rotatable bonds is 7. The van der Waals surface area contributed by atoms with Gasteiger partial charge < -0.3 is 14.8 Å². The minimum atomic E-state index is -3.01. The van der Waals surface area contributed by atoms with Crippen molar-refractivity contribution < 1.29 is 23.0 Å². The maximum absolute atomic E-state index is 12.7. The number of hydrogen-bond donors (Lipinski definition) is 1. The molecule has 0 bridgehead atoms. The van der Waals surface area contributed by atoms with E-state index < -0.39 is 12.5 Å². The molecule has 4 aromatic rings. The smallest absolute Gasteiger partial charge is 0.387 e. The highest BCUT2D eigenvalue weighted by Crippen LogP contribution is 2.33. The van der Waals surface area contributed by atoms with Gasteiger partial charge in [0.25, 0.3) is 0 Å². The predicted octanol–water partition coefficient (Wildman–Crippen LogP) is 5.32. The number of fused-ring (bicyclic) bond motifs is 1. The lowest BCUT2D eigenvalue weighted by atomic mass is 10.1. The first kappa shape index (κ1) is 20.5. The Hall–Kier alpha value is -3.72. The summed E-state index contributed by atoms with van der Waals surface area (Å²) in [6.07, 6.45) is 6.51. The average molecular weight is 441 g/mol. The number of para-hydroxylation sites is 1. The number of halogens is 2. The van der Waals surface area contributed by atoms with Gasteiger partial charge in [-0.25, -0.2) is 4.98 Å². The Morgan fingerprint density at radius 2 is 2.03 bits per heavy atom. The summed E-state index contributed by atoms with van der Waals surface area (Å²) < 4.78 is 37.0. The summed E-state index contributed by atoms with van der Waals surface area (Å²) in [5.41, 5.74) is 2.66. The molecule has 2 heterocycles. The molecule has 1 amide bonds. The van der Waals surface area contributed by atoms with Crippen LogP contribution < -0.4 is 14.8 Å². The molecule has 4 rings (SSSR count). The van der Waals surface area contributed by atoms with Gasteiger partial charge >= 0.3 is 6.61 Å². The van der Waals surface area contributed by atoms with Gasteiger partial charge in [0.05, 0.1) is 12.8 Å². The highest BCUT2D eigenvalue weighted by Gasteiger charge is 2.14. The number of carbonyl (C=O) groups is 1. The average Bonchev–Trinajstić information content (AvgIpc) is 3.35. The number of benzene rings is 2. The first-order chi connectivity index (χ1) is 15.0. The normalized spacial score (nSPS) is 11.4. The van der Waals surface area contributed by atoms with Crippen molar-refractivity contribution in [3.05, 3.63) is 71.9 Å². The fourth-order valence-corrected chi connectivity index (χ4v) is 3.68. The minimum absolute atomic E-state index is 0.131. The quantitative estimate of drug-likeness (QED) is 0.394. The lowest BCUT2D eigenvalue weighted by molar-refractivity contribution is -0.111. The summed E-state index contributed by atoms with van der Waals surface area (Å²) in [7, 11) is 1.35. The Morgan fingerprint density at radius 3 is 2.74 bits per heavy atom. The van der Waals surface area contributed by atoms with Gasteiger partial charge in [-0.15, -0.1) is 11.3 Å². The highest BCUT2D eigenvalue weighted by molar-refractivity contribution is 7.15. The van der Waals surface area contributed by atoms with Gasteiger partial charge in [-0.3, -0.25) is 9.20 Å². The van der Waals surface area contributed by atoms with Gasteiger partial charge in [0.1, 0.15) is 0 Å². The van der Waals surface area contributed by atoms with Crippen LogP contribution in [0.2, 0.25) is 0 Å². The number of ether oxygens (including phenoxy) is 2. The van der Waals surface area contributed by atoms with Crippen molar-refractivity contribution in [1.82, 2.24) is 9.38 Å². The summed E-state index contributed by atoms with van der Waals surface area (Å²) in [5.74, 6) is -0.396. The molecule has 0 spiro atoms. The zero-order chi connectivity index (χ0) is 21.8. The molecule has 0 unspecified atom stereocenters. The molecule has 0 atom stereocenters. The Kier molecular flexibility index (Phi) is 5.94. The number of thiazole rings is 1. The van der Waals surface area contributed by atoms with Gasteiger partial charge in [-0.05, 0) is 24.3 Å². The van der Waals surface area contributed by atoms with E-state index in [1.165, 1.54) is 25.3 Å². The molecular weight excluding hydrogens is 424 g/mol. The molecule has 9 heteroatoms. The molecule has 2 aromatic carbocycles. The molecule has 0 aliphatic rings. The molecular formula is C22H17F2N3O3S. The van der Waals surface area contributed by atoms with Gasteiger partial charge in [0, 0.05) is 40.7 Å². The van der Waals surface area contributed by atoms with Crippen molar-refractivity contribution in [1.29, 1.82) is 0 Å². The standard InChI is InChI=1S/C22H17F2N3O3S/c1-29-18-4-2-3-15(20(18)30-21(23)24)7-10-19(28)25-16-8-5-14(6-9-16)17-13-27-11-12-31-22(27)26-17/h2-13,21H,1H3,(H,25,28)/b10-7+. The molecule has 0 saturated carbocycles. The molecule has 2 aromatic heterocycles. The van der Waals surface area contributed by atoms with Crippen LogP contribution in [-0.2, 0) is 4.79 Å². The maximum Gasteiger partial charge on any atom is 0.387 e. The van der Waals surface area contributed by atoms with E-state index in [9.17, 15) is 13.6 Å². The maximum atomic E-state index is 12.7. The van der Waals surface area contributed by atoms with Gasteiger partial charge in [0.2, 0.25) is 5.91 Å². The Labute approximate surface area is 180 Å². The van der Waals surface area contributed by atoms with Crippen LogP contribution in [0.3, 0.4) is 0 Å². The number of amides is 1. The van der Waals surface area contributed by atoms with Gasteiger partial charge in [-0.2, -0.15) is 8.78 Å². The summed E-state index contributed by atoms with van der Waals surface area (Å²) in [4.78, 5) is 17.7. The number of hydrogen-bond acceptors (Lipinski definition) is 5. The third-order valence-corrected chi connectivity index (χ3v) is 5.16. The molecule has 0 aliphatic heterocycles. The SMILES string of the molecule is COc1cccc(/C=C/C(=O)Nc2ccc(-c3cn4ccsc4n3)cc2)c1OC(F)F. The van der Waals surface area contributed by atoms with E-state index in [4.69, 9.17) is 4.74 Å². The van der Waals surface area contributed by atoms with Crippen LogP contribution in [0.15, 0.2) is 66.3 Å². The predicted molar refractivity (Wildman–Crippen MR) is 116 cm³/mol. The van der Waals surface area contributed by atoms with E-state index >= 15 is 0 Å². The number of anilines is 1. The van der Waals surface area contributed by atoms with E-state index in [1.54, 1.807) is 35.6 Å². The first-order valence-electron chi connectivity index (χ1n) is 9.17. The third-order valence-electron chi connectivity index (χ3n) is 4.39. The van der Waals surface area contributed by atoms with Crippen molar-refractivity contribution in [2.45, 2.75) is 6.61 Å². The number of aromatic nitrogens is 2. The monoisotopic (exact) mass is 441 g/mol. The second-order valence-electron chi connectivity index (χ2n) is 6.38. The molecule has 0 fully saturated rings. The molecule has 0 aliphatic carbocycles. The summed E-state index contributed by atoms with van der Waals surface area (Å²) in [6.45, 7) is -3.01. The highest BCUT2D eigenvalue weighted by atomic mass is 32.1. The van der Waals surface area contributed by atoms with Crippen molar-refractivity contribution in [3.63, 3.8) is 0 Å². The van der Waals surface area contributed by atoms with Crippen molar-refractivity contribution >= 4 is 34.0 Å². The van der Waals surface area contributed by atoms with Crippen LogP contribution in [-0.4, -0.2) is 29.0 Å². The van der Waals surface area contributed by atoms with Crippen LogP contribution in [0.1, 0.15) is 5.56 Å². The fourth-order valence-electron chi connectivity index (χ4n) is 2.98. The lowest BCUT2D eigenvalue weighted by Crippen LogP contribution is -2.08. The van der Waals surface area contributed by atoms with Gasteiger partial charge in [0.15, 0.2) is 16.5 Å². The number of carbonyl (C=O) groups excluding carboxylic acids is 1. The Balaban J connectivity index is 1.45. The zero-order valence-corrected chi connectivity index (χ0v) is 17.1. The summed E-state index contributed by atoms with van der Waals surface area (Å²) in [6, 6.07) is 11.9. The van der Waals surface area contributed by atoms with E-state index in [1.807, 2.05) is 34.3 Å². The van der Waals surface area contributed by atoms with Crippen molar-refractivity contribution in [2.24, 2.45) is 0 Å². The lowest BCUT2D eigenvalue weighted by Gasteiger charge is -2.12. The van der Waals surface area contributed by atoms with Crippen LogP contribution in [0, 0.1) is 0 Å². The summed E-state index contributed by atoms with van der Waals surface area (Å²) in [5, 5.41) is 4.70. The number of alkyl halides is 2.